The fourth-order valence-corrected chi connectivity index (χ4v) is 4.58. The Morgan fingerprint density at radius 1 is 1.47 bits per heavy atom. The van der Waals surface area contributed by atoms with Crippen molar-refractivity contribution in [3.8, 4) is 0 Å². The molecule has 0 aliphatic carbocycles. The Bertz CT molecular complexity index is 526. The van der Waals surface area contributed by atoms with Crippen LogP contribution >= 0.6 is 15.9 Å². The summed E-state index contributed by atoms with van der Waals surface area (Å²) >= 11 is 3.29. The molecule has 94 valence electrons. The third-order valence-corrected chi connectivity index (χ3v) is 5.05. The highest BCUT2D eigenvalue weighted by Gasteiger charge is 2.38. The highest BCUT2D eigenvalue weighted by atomic mass is 79.9. The molecule has 1 aliphatic heterocycles. The van der Waals surface area contributed by atoms with E-state index in [0.717, 1.165) is 0 Å². The molecule has 1 fully saturated rings. The molecular formula is C10H14BrN3O2S. The first-order valence-corrected chi connectivity index (χ1v) is 7.89. The minimum atomic E-state index is -2.91. The molecule has 1 unspecified atom stereocenters. The van der Waals surface area contributed by atoms with Crippen LogP contribution in [0.1, 0.15) is 19.2 Å². The molecule has 0 saturated carbocycles. The standard InChI is InChI=1S/C10H14BrN3O2S/c1-7-12-8(11)5-9(13-7)14-10(2)3-4-17(15,16)6-10/h5H,3-4,6H2,1-2H3,(H,12,13,14). The average molecular weight is 320 g/mol. The van der Waals surface area contributed by atoms with Gasteiger partial charge in [0.25, 0.3) is 0 Å². The van der Waals surface area contributed by atoms with E-state index in [4.69, 9.17) is 0 Å². The lowest BCUT2D eigenvalue weighted by Crippen LogP contribution is -2.36. The largest absolute Gasteiger partial charge is 0.364 e. The van der Waals surface area contributed by atoms with Gasteiger partial charge in [-0.2, -0.15) is 0 Å². The maximum Gasteiger partial charge on any atom is 0.152 e. The number of hydrogen-bond acceptors (Lipinski definition) is 5. The van der Waals surface area contributed by atoms with E-state index in [1.165, 1.54) is 0 Å². The van der Waals surface area contributed by atoms with E-state index in [0.29, 0.717) is 22.7 Å². The van der Waals surface area contributed by atoms with Crippen molar-refractivity contribution < 1.29 is 8.42 Å². The fraction of sp³-hybridized carbons (Fsp3) is 0.600. The zero-order chi connectivity index (χ0) is 12.7. The molecule has 17 heavy (non-hydrogen) atoms. The van der Waals surface area contributed by atoms with Crippen LogP contribution in [0, 0.1) is 6.92 Å². The quantitative estimate of drug-likeness (QED) is 0.837. The highest BCUT2D eigenvalue weighted by molar-refractivity contribution is 9.10. The van der Waals surface area contributed by atoms with Crippen LogP contribution in [0.5, 0.6) is 0 Å². The first kappa shape index (κ1) is 12.8. The molecule has 0 bridgehead atoms. The van der Waals surface area contributed by atoms with Crippen LogP contribution in [-0.2, 0) is 9.84 Å². The Kier molecular flexibility index (Phi) is 3.15. The summed E-state index contributed by atoms with van der Waals surface area (Å²) in [6.07, 6.45) is 0.607. The second-order valence-electron chi connectivity index (χ2n) is 4.65. The van der Waals surface area contributed by atoms with E-state index in [1.54, 1.807) is 13.0 Å². The highest BCUT2D eigenvalue weighted by Crippen LogP contribution is 2.27. The second-order valence-corrected chi connectivity index (χ2v) is 7.65. The molecule has 7 heteroatoms. The average Bonchev–Trinajstić information content (AvgIpc) is 2.37. The molecule has 1 aliphatic rings. The molecule has 1 atom stereocenters. The second kappa shape index (κ2) is 4.20. The molecule has 0 amide bonds. The molecule has 5 nitrogen and oxygen atoms in total. The van der Waals surface area contributed by atoms with E-state index >= 15 is 0 Å². The van der Waals surface area contributed by atoms with Crippen molar-refractivity contribution in [2.75, 3.05) is 16.8 Å². The summed E-state index contributed by atoms with van der Waals surface area (Å²) in [7, 11) is -2.91. The SMILES string of the molecule is Cc1nc(Br)cc(NC2(C)CCS(=O)(=O)C2)n1. The van der Waals surface area contributed by atoms with Crippen molar-refractivity contribution in [1.82, 2.24) is 9.97 Å². The summed E-state index contributed by atoms with van der Waals surface area (Å²) in [5, 5.41) is 3.19. The third kappa shape index (κ3) is 3.16. The molecular weight excluding hydrogens is 306 g/mol. The number of nitrogens with zero attached hydrogens (tertiary/aromatic N) is 2. The van der Waals surface area contributed by atoms with Gasteiger partial charge in [0.1, 0.15) is 16.2 Å². The first-order chi connectivity index (χ1) is 7.78. The summed E-state index contributed by atoms with van der Waals surface area (Å²) in [4.78, 5) is 8.35. The van der Waals surface area contributed by atoms with Crippen molar-refractivity contribution in [2.45, 2.75) is 25.8 Å². The van der Waals surface area contributed by atoms with Crippen LogP contribution in [0.15, 0.2) is 10.7 Å². The van der Waals surface area contributed by atoms with Gasteiger partial charge in [-0.1, -0.05) is 0 Å². The lowest BCUT2D eigenvalue weighted by atomic mass is 10.0. The number of nitrogens with one attached hydrogen (secondary N) is 1. The summed E-state index contributed by atoms with van der Waals surface area (Å²) in [5.74, 6) is 1.69. The predicted octanol–water partition coefficient (Wildman–Crippen LogP) is 1.54. The van der Waals surface area contributed by atoms with E-state index in [1.807, 2.05) is 6.92 Å². The Morgan fingerprint density at radius 2 is 2.18 bits per heavy atom. The van der Waals surface area contributed by atoms with Gasteiger partial charge in [-0.3, -0.25) is 0 Å². The van der Waals surface area contributed by atoms with Crippen molar-refractivity contribution in [2.24, 2.45) is 0 Å². The number of hydrogen-bond donors (Lipinski definition) is 1. The number of rotatable bonds is 2. The summed E-state index contributed by atoms with van der Waals surface area (Å²) in [6.45, 7) is 3.70. The molecule has 1 saturated heterocycles. The maximum absolute atomic E-state index is 11.5. The van der Waals surface area contributed by atoms with Crippen LogP contribution in [0.3, 0.4) is 0 Å². The van der Waals surface area contributed by atoms with Crippen LogP contribution in [0.4, 0.5) is 5.82 Å². The molecule has 1 aromatic heterocycles. The van der Waals surface area contributed by atoms with Gasteiger partial charge in [0.2, 0.25) is 0 Å². The maximum atomic E-state index is 11.5. The van der Waals surface area contributed by atoms with E-state index in [9.17, 15) is 8.42 Å². The van der Waals surface area contributed by atoms with Crippen LogP contribution in [-0.4, -0.2) is 35.4 Å². The van der Waals surface area contributed by atoms with Gasteiger partial charge in [0.15, 0.2) is 9.84 Å². The molecule has 0 spiro atoms. The molecule has 0 aromatic carbocycles. The minimum absolute atomic E-state index is 0.153. The van der Waals surface area contributed by atoms with Crippen molar-refractivity contribution in [3.05, 3.63) is 16.5 Å². The van der Waals surface area contributed by atoms with Crippen molar-refractivity contribution in [3.63, 3.8) is 0 Å². The molecule has 1 N–H and O–H groups in total. The Labute approximate surface area is 109 Å². The Balaban J connectivity index is 2.21. The number of halogens is 1. The number of aryl methyl sites for hydroxylation is 1. The number of aromatic nitrogens is 2. The van der Waals surface area contributed by atoms with Crippen molar-refractivity contribution in [1.29, 1.82) is 0 Å². The van der Waals surface area contributed by atoms with Gasteiger partial charge in [-0.05, 0) is 36.2 Å². The fourth-order valence-electron chi connectivity index (χ4n) is 2.01. The summed E-state index contributed by atoms with van der Waals surface area (Å²) in [6, 6.07) is 1.75. The van der Waals surface area contributed by atoms with Crippen LogP contribution < -0.4 is 5.32 Å². The van der Waals surface area contributed by atoms with Gasteiger partial charge in [-0.15, -0.1) is 0 Å². The summed E-state index contributed by atoms with van der Waals surface area (Å²) in [5.41, 5.74) is -0.431. The molecule has 2 heterocycles. The van der Waals surface area contributed by atoms with Gasteiger partial charge in [0.05, 0.1) is 17.0 Å². The predicted molar refractivity (Wildman–Crippen MR) is 69.8 cm³/mol. The van der Waals surface area contributed by atoms with Crippen LogP contribution in [0.2, 0.25) is 0 Å². The smallest absolute Gasteiger partial charge is 0.152 e. The zero-order valence-corrected chi connectivity index (χ0v) is 12.1. The van der Waals surface area contributed by atoms with Crippen molar-refractivity contribution >= 4 is 31.6 Å². The molecule has 2 rings (SSSR count). The minimum Gasteiger partial charge on any atom is -0.364 e. The molecule has 1 aromatic rings. The van der Waals surface area contributed by atoms with Gasteiger partial charge in [-0.25, -0.2) is 18.4 Å². The zero-order valence-electron chi connectivity index (χ0n) is 9.70. The number of sulfone groups is 1. The summed E-state index contributed by atoms with van der Waals surface area (Å²) < 4.78 is 23.7. The monoisotopic (exact) mass is 319 g/mol. The normalized spacial score (nSPS) is 27.0. The third-order valence-electron chi connectivity index (χ3n) is 2.74. The van der Waals surface area contributed by atoms with Crippen LogP contribution in [0.25, 0.3) is 0 Å². The number of anilines is 1. The van der Waals surface area contributed by atoms with E-state index < -0.39 is 15.4 Å². The van der Waals surface area contributed by atoms with Gasteiger partial charge < -0.3 is 5.32 Å². The van der Waals surface area contributed by atoms with Gasteiger partial charge in [0, 0.05) is 6.07 Å². The van der Waals surface area contributed by atoms with E-state index in [2.05, 4.69) is 31.2 Å². The Hall–Kier alpha value is -0.690. The van der Waals surface area contributed by atoms with E-state index in [-0.39, 0.29) is 11.5 Å². The Morgan fingerprint density at radius 3 is 2.71 bits per heavy atom. The first-order valence-electron chi connectivity index (χ1n) is 5.28. The molecule has 0 radical (unpaired) electrons. The lowest BCUT2D eigenvalue weighted by Gasteiger charge is -2.24. The van der Waals surface area contributed by atoms with Gasteiger partial charge >= 0.3 is 0 Å². The lowest BCUT2D eigenvalue weighted by molar-refractivity contribution is 0.571. The topological polar surface area (TPSA) is 72.0 Å².